The molecule has 0 spiro atoms. The fraction of sp³-hybridized carbons (Fsp3) is 0.222. The summed E-state index contributed by atoms with van der Waals surface area (Å²) < 4.78 is 2.16. The number of benzene rings is 1. The van der Waals surface area contributed by atoms with Crippen molar-refractivity contribution in [3.63, 3.8) is 0 Å². The molecule has 0 atom stereocenters. The monoisotopic (exact) mass is 326 g/mol. The molecule has 1 aromatic heterocycles. The Bertz CT molecular complexity index is 849. The molecule has 2 amide bonds. The molecular weight excluding hydrogens is 308 g/mol. The van der Waals surface area contributed by atoms with E-state index in [-0.39, 0.29) is 11.1 Å². The Kier molecular flexibility index (Phi) is 3.90. The molecule has 3 rings (SSSR count). The zero-order valence-electron chi connectivity index (χ0n) is 13.6. The molecule has 2 aromatic rings. The smallest absolute Gasteiger partial charge is 0.293 e. The second-order valence-electron chi connectivity index (χ2n) is 5.74. The van der Waals surface area contributed by atoms with Crippen molar-refractivity contribution in [2.75, 3.05) is 7.05 Å². The van der Waals surface area contributed by atoms with Gasteiger partial charge in [0.1, 0.15) is 0 Å². The highest BCUT2D eigenvalue weighted by Crippen LogP contribution is 2.32. The summed E-state index contributed by atoms with van der Waals surface area (Å²) in [6.45, 7) is 6.13. The van der Waals surface area contributed by atoms with E-state index in [2.05, 4.69) is 29.7 Å². The maximum atomic E-state index is 12.0. The van der Waals surface area contributed by atoms with Crippen LogP contribution in [0, 0.1) is 20.8 Å². The molecule has 23 heavy (non-hydrogen) atoms. The molecule has 1 aromatic carbocycles. The summed E-state index contributed by atoms with van der Waals surface area (Å²) in [6.07, 6.45) is 1.81. The molecule has 1 saturated heterocycles. The van der Waals surface area contributed by atoms with Crippen LogP contribution in [0.4, 0.5) is 4.79 Å². The Morgan fingerprint density at radius 1 is 1.09 bits per heavy atom. The summed E-state index contributed by atoms with van der Waals surface area (Å²) in [4.78, 5) is 25.3. The minimum Gasteiger partial charge on any atom is -0.318 e. The lowest BCUT2D eigenvalue weighted by molar-refractivity contribution is -0.121. The molecule has 2 heterocycles. The second kappa shape index (κ2) is 5.74. The first kappa shape index (κ1) is 15.6. The zero-order valence-corrected chi connectivity index (χ0v) is 14.4. The number of carbonyl (C=O) groups is 2. The van der Waals surface area contributed by atoms with E-state index in [1.54, 1.807) is 0 Å². The van der Waals surface area contributed by atoms with Gasteiger partial charge in [0.25, 0.3) is 11.1 Å². The van der Waals surface area contributed by atoms with Gasteiger partial charge in [-0.3, -0.25) is 14.5 Å². The predicted octanol–water partition coefficient (Wildman–Crippen LogP) is 4.07. The van der Waals surface area contributed by atoms with Crippen LogP contribution in [0.2, 0.25) is 0 Å². The molecule has 0 saturated carbocycles. The van der Waals surface area contributed by atoms with Crippen molar-refractivity contribution in [3.05, 3.63) is 57.8 Å². The molecule has 4 nitrogen and oxygen atoms in total. The normalized spacial score (nSPS) is 16.7. The summed E-state index contributed by atoms with van der Waals surface area (Å²) >= 11 is 0.988. The van der Waals surface area contributed by atoms with Gasteiger partial charge in [-0.2, -0.15) is 0 Å². The molecule has 0 N–H and O–H groups in total. The largest absolute Gasteiger partial charge is 0.318 e. The highest BCUT2D eigenvalue weighted by molar-refractivity contribution is 8.18. The van der Waals surface area contributed by atoms with Crippen molar-refractivity contribution in [1.29, 1.82) is 0 Å². The summed E-state index contributed by atoms with van der Waals surface area (Å²) in [6, 6.07) is 10.3. The molecular formula is C18H18N2O2S. The van der Waals surface area contributed by atoms with Crippen molar-refractivity contribution in [1.82, 2.24) is 9.47 Å². The summed E-state index contributed by atoms with van der Waals surface area (Å²) in [7, 11) is 1.51. The summed E-state index contributed by atoms with van der Waals surface area (Å²) in [5.74, 6) is -0.236. The third-order valence-electron chi connectivity index (χ3n) is 4.00. The van der Waals surface area contributed by atoms with Crippen molar-refractivity contribution < 1.29 is 9.59 Å². The second-order valence-corrected chi connectivity index (χ2v) is 6.73. The third-order valence-corrected chi connectivity index (χ3v) is 4.96. The Labute approximate surface area is 139 Å². The van der Waals surface area contributed by atoms with E-state index in [4.69, 9.17) is 0 Å². The topological polar surface area (TPSA) is 42.3 Å². The maximum absolute atomic E-state index is 12.0. The van der Waals surface area contributed by atoms with Gasteiger partial charge in [-0.05, 0) is 67.9 Å². The molecule has 1 aliphatic heterocycles. The van der Waals surface area contributed by atoms with Gasteiger partial charge < -0.3 is 4.57 Å². The van der Waals surface area contributed by atoms with Gasteiger partial charge in [-0.1, -0.05) is 12.1 Å². The van der Waals surface area contributed by atoms with Crippen molar-refractivity contribution in [3.8, 4) is 5.69 Å². The molecule has 1 aliphatic rings. The number of rotatable bonds is 2. The van der Waals surface area contributed by atoms with Gasteiger partial charge in [-0.15, -0.1) is 0 Å². The minimum absolute atomic E-state index is 0.228. The molecule has 0 unspecified atom stereocenters. The fourth-order valence-corrected chi connectivity index (χ4v) is 3.60. The van der Waals surface area contributed by atoms with Crippen molar-refractivity contribution >= 4 is 29.0 Å². The van der Waals surface area contributed by atoms with Crippen LogP contribution >= 0.6 is 11.8 Å². The van der Waals surface area contributed by atoms with Gasteiger partial charge in [0, 0.05) is 24.1 Å². The van der Waals surface area contributed by atoms with E-state index < -0.39 is 0 Å². The van der Waals surface area contributed by atoms with Crippen LogP contribution in [0.25, 0.3) is 11.8 Å². The van der Waals surface area contributed by atoms with Crippen molar-refractivity contribution in [2.45, 2.75) is 20.8 Å². The van der Waals surface area contributed by atoms with Gasteiger partial charge in [0.2, 0.25) is 0 Å². The highest BCUT2D eigenvalue weighted by Gasteiger charge is 2.32. The lowest BCUT2D eigenvalue weighted by Crippen LogP contribution is -2.22. The third kappa shape index (κ3) is 2.72. The SMILES string of the molecule is Cc1cccc(-n2c(C)cc(/C=C3/SC(=O)N(C)C3=O)c2C)c1. The Morgan fingerprint density at radius 3 is 2.43 bits per heavy atom. The first-order valence-electron chi connectivity index (χ1n) is 7.36. The van der Waals surface area contributed by atoms with Crippen LogP contribution in [0.3, 0.4) is 0 Å². The lowest BCUT2D eigenvalue weighted by Gasteiger charge is -2.10. The molecule has 1 fully saturated rings. The van der Waals surface area contributed by atoms with E-state index in [1.807, 2.05) is 32.1 Å². The van der Waals surface area contributed by atoms with E-state index in [0.717, 1.165) is 39.3 Å². The molecule has 0 bridgehead atoms. The van der Waals surface area contributed by atoms with Crippen LogP contribution in [-0.4, -0.2) is 27.7 Å². The molecule has 0 radical (unpaired) electrons. The molecule has 5 heteroatoms. The number of aryl methyl sites for hydroxylation is 2. The lowest BCUT2D eigenvalue weighted by atomic mass is 10.2. The number of aromatic nitrogens is 1. The Morgan fingerprint density at radius 2 is 1.83 bits per heavy atom. The zero-order chi connectivity index (χ0) is 16.7. The predicted molar refractivity (Wildman–Crippen MR) is 93.7 cm³/mol. The summed E-state index contributed by atoms with van der Waals surface area (Å²) in [5.41, 5.74) is 5.40. The quantitative estimate of drug-likeness (QED) is 0.781. The van der Waals surface area contributed by atoms with Crippen LogP contribution < -0.4 is 0 Å². The number of hydrogen-bond acceptors (Lipinski definition) is 3. The molecule has 118 valence electrons. The van der Waals surface area contributed by atoms with Gasteiger partial charge in [-0.25, -0.2) is 0 Å². The van der Waals surface area contributed by atoms with Crippen LogP contribution in [0.5, 0.6) is 0 Å². The highest BCUT2D eigenvalue weighted by atomic mass is 32.2. The van der Waals surface area contributed by atoms with E-state index in [9.17, 15) is 9.59 Å². The average molecular weight is 326 g/mol. The minimum atomic E-state index is -0.236. The number of nitrogens with zero attached hydrogens (tertiary/aromatic N) is 2. The maximum Gasteiger partial charge on any atom is 0.293 e. The van der Waals surface area contributed by atoms with Gasteiger partial charge in [0.05, 0.1) is 4.91 Å². The number of amides is 2. The number of thioether (sulfide) groups is 1. The fourth-order valence-electron chi connectivity index (χ4n) is 2.78. The van der Waals surface area contributed by atoms with Gasteiger partial charge >= 0.3 is 0 Å². The van der Waals surface area contributed by atoms with Crippen LogP contribution in [0.15, 0.2) is 35.2 Å². The van der Waals surface area contributed by atoms with Crippen LogP contribution in [-0.2, 0) is 4.79 Å². The Balaban J connectivity index is 2.06. The number of imide groups is 1. The standard InChI is InChI=1S/C18H18N2O2S/c1-11-6-5-7-15(8-11)20-12(2)9-14(13(20)3)10-16-17(21)19(4)18(22)23-16/h5-10H,1-4H3/b16-10+. The number of carbonyl (C=O) groups excluding carboxylic acids is 2. The van der Waals surface area contributed by atoms with Crippen molar-refractivity contribution in [2.24, 2.45) is 0 Å². The number of likely N-dealkylation sites (N-methyl/N-ethyl adjacent to an activating group) is 1. The average Bonchev–Trinajstić information content (AvgIpc) is 2.91. The van der Waals surface area contributed by atoms with E-state index >= 15 is 0 Å². The van der Waals surface area contributed by atoms with E-state index in [1.165, 1.54) is 12.6 Å². The van der Waals surface area contributed by atoms with E-state index in [0.29, 0.717) is 4.91 Å². The summed E-state index contributed by atoms with van der Waals surface area (Å²) in [5, 5.41) is -0.228. The first-order chi connectivity index (χ1) is 10.9. The molecule has 0 aliphatic carbocycles. The number of hydrogen-bond donors (Lipinski definition) is 0. The van der Waals surface area contributed by atoms with Gasteiger partial charge in [0.15, 0.2) is 0 Å². The Hall–Kier alpha value is -2.27. The first-order valence-corrected chi connectivity index (χ1v) is 8.17. The van der Waals surface area contributed by atoms with Crippen LogP contribution in [0.1, 0.15) is 22.5 Å².